The number of halogens is 1. The largest absolute Gasteiger partial charge is 0.351 e. The average molecular weight is 334 g/mol. The first kappa shape index (κ1) is 15.1. The summed E-state index contributed by atoms with van der Waals surface area (Å²) < 4.78 is 2.81. The lowest BCUT2D eigenvalue weighted by atomic mass is 10.3. The Morgan fingerprint density at radius 3 is 2.91 bits per heavy atom. The van der Waals surface area contributed by atoms with Gasteiger partial charge in [0.05, 0.1) is 20.2 Å². The van der Waals surface area contributed by atoms with Crippen molar-refractivity contribution in [2.75, 3.05) is 6.54 Å². The first-order valence-electron chi connectivity index (χ1n) is 7.10. The van der Waals surface area contributed by atoms with E-state index in [4.69, 9.17) is 11.6 Å². The van der Waals surface area contributed by atoms with Crippen LogP contribution in [0.3, 0.4) is 0 Å². The topological polar surface area (TPSA) is 46.9 Å². The number of carbonyl (C=O) groups is 1. The van der Waals surface area contributed by atoms with Crippen molar-refractivity contribution in [3.8, 4) is 0 Å². The second-order valence-corrected chi connectivity index (χ2v) is 6.73. The highest BCUT2D eigenvalue weighted by Crippen LogP contribution is 2.21. The number of hydrogen-bond acceptors (Lipinski definition) is 3. The predicted molar refractivity (Wildman–Crippen MR) is 90.7 cm³/mol. The summed E-state index contributed by atoms with van der Waals surface area (Å²) in [7, 11) is 0. The standard InChI is InChI=1S/C16H16ClN3OS/c1-11-19-12-5-2-3-6-13(12)20(11)10-4-9-18-16(21)14-7-8-15(17)22-14/h2-3,5-8H,4,9-10H2,1H3,(H,18,21). The van der Waals surface area contributed by atoms with Crippen LogP contribution in [-0.2, 0) is 6.54 Å². The summed E-state index contributed by atoms with van der Waals surface area (Å²) in [6.07, 6.45) is 0.853. The van der Waals surface area contributed by atoms with E-state index in [9.17, 15) is 4.79 Å². The van der Waals surface area contributed by atoms with Gasteiger partial charge in [-0.05, 0) is 37.6 Å². The molecular formula is C16H16ClN3OS. The van der Waals surface area contributed by atoms with Gasteiger partial charge in [-0.15, -0.1) is 11.3 Å². The number of aryl methyl sites for hydroxylation is 2. The number of thiophene rings is 1. The Morgan fingerprint density at radius 1 is 1.32 bits per heavy atom. The number of rotatable bonds is 5. The van der Waals surface area contributed by atoms with E-state index in [1.807, 2.05) is 25.1 Å². The monoisotopic (exact) mass is 333 g/mol. The number of carbonyl (C=O) groups excluding carboxylic acids is 1. The Morgan fingerprint density at radius 2 is 2.14 bits per heavy atom. The van der Waals surface area contributed by atoms with Crippen LogP contribution in [0.5, 0.6) is 0 Å². The molecular weight excluding hydrogens is 318 g/mol. The van der Waals surface area contributed by atoms with Gasteiger partial charge in [-0.2, -0.15) is 0 Å². The number of imidazole rings is 1. The fourth-order valence-electron chi connectivity index (χ4n) is 2.44. The van der Waals surface area contributed by atoms with Gasteiger partial charge in [-0.3, -0.25) is 4.79 Å². The van der Waals surface area contributed by atoms with Gasteiger partial charge in [0.25, 0.3) is 5.91 Å². The van der Waals surface area contributed by atoms with E-state index in [-0.39, 0.29) is 5.91 Å². The number of hydrogen-bond donors (Lipinski definition) is 1. The van der Waals surface area contributed by atoms with Crippen LogP contribution in [0.1, 0.15) is 21.9 Å². The lowest BCUT2D eigenvalue weighted by molar-refractivity contribution is 0.0957. The van der Waals surface area contributed by atoms with Crippen LogP contribution in [0.15, 0.2) is 36.4 Å². The maximum atomic E-state index is 11.9. The lowest BCUT2D eigenvalue weighted by Gasteiger charge is -2.07. The van der Waals surface area contributed by atoms with Gasteiger partial charge in [0.1, 0.15) is 5.82 Å². The van der Waals surface area contributed by atoms with Gasteiger partial charge in [-0.25, -0.2) is 4.98 Å². The molecule has 1 aromatic carbocycles. The number of amides is 1. The summed E-state index contributed by atoms with van der Waals surface area (Å²) in [6.45, 7) is 3.46. The van der Waals surface area contributed by atoms with Crippen LogP contribution in [0.25, 0.3) is 11.0 Å². The summed E-state index contributed by atoms with van der Waals surface area (Å²) in [5.74, 6) is 0.932. The number of para-hydroxylation sites is 2. The fraction of sp³-hybridized carbons (Fsp3) is 0.250. The van der Waals surface area contributed by atoms with Gasteiger partial charge in [0.2, 0.25) is 0 Å². The smallest absolute Gasteiger partial charge is 0.261 e. The van der Waals surface area contributed by atoms with Crippen LogP contribution in [0.4, 0.5) is 0 Å². The van der Waals surface area contributed by atoms with Crippen molar-refractivity contribution in [3.63, 3.8) is 0 Å². The molecule has 6 heteroatoms. The summed E-state index contributed by atoms with van der Waals surface area (Å²) in [6, 6.07) is 11.6. The third-order valence-corrected chi connectivity index (χ3v) is 4.72. The molecule has 0 spiro atoms. The van der Waals surface area contributed by atoms with Crippen molar-refractivity contribution in [1.82, 2.24) is 14.9 Å². The quantitative estimate of drug-likeness (QED) is 0.720. The molecule has 0 aliphatic heterocycles. The highest BCUT2D eigenvalue weighted by atomic mass is 35.5. The second kappa shape index (κ2) is 6.50. The third kappa shape index (κ3) is 3.15. The molecule has 22 heavy (non-hydrogen) atoms. The molecule has 0 aliphatic carbocycles. The van der Waals surface area contributed by atoms with Crippen molar-refractivity contribution in [3.05, 3.63) is 51.4 Å². The third-order valence-electron chi connectivity index (χ3n) is 3.49. The zero-order valence-electron chi connectivity index (χ0n) is 12.2. The van der Waals surface area contributed by atoms with E-state index in [0.717, 1.165) is 29.8 Å². The van der Waals surface area contributed by atoms with Crippen LogP contribution >= 0.6 is 22.9 Å². The Labute approximate surface area is 137 Å². The second-order valence-electron chi connectivity index (χ2n) is 5.01. The van der Waals surface area contributed by atoms with Gasteiger partial charge >= 0.3 is 0 Å². The molecule has 2 heterocycles. The molecule has 0 bridgehead atoms. The normalized spacial score (nSPS) is 11.0. The van der Waals surface area contributed by atoms with E-state index in [2.05, 4.69) is 20.9 Å². The number of benzene rings is 1. The summed E-state index contributed by atoms with van der Waals surface area (Å²) in [5, 5.41) is 2.92. The minimum absolute atomic E-state index is 0.0656. The minimum atomic E-state index is -0.0656. The summed E-state index contributed by atoms with van der Waals surface area (Å²) in [5.41, 5.74) is 2.15. The number of aromatic nitrogens is 2. The van der Waals surface area contributed by atoms with Crippen molar-refractivity contribution in [2.24, 2.45) is 0 Å². The first-order chi connectivity index (χ1) is 10.6. The Bertz CT molecular complexity index is 809. The molecule has 114 valence electrons. The Balaban J connectivity index is 1.56. The minimum Gasteiger partial charge on any atom is -0.351 e. The molecule has 0 aliphatic rings. The molecule has 3 rings (SSSR count). The van der Waals surface area contributed by atoms with Crippen LogP contribution in [0.2, 0.25) is 4.34 Å². The highest BCUT2D eigenvalue weighted by Gasteiger charge is 2.09. The van der Waals surface area contributed by atoms with Gasteiger partial charge in [0, 0.05) is 13.1 Å². The summed E-state index contributed by atoms with van der Waals surface area (Å²) in [4.78, 5) is 17.1. The van der Waals surface area contributed by atoms with E-state index < -0.39 is 0 Å². The fourth-order valence-corrected chi connectivity index (χ4v) is 3.40. The molecule has 0 unspecified atom stereocenters. The van der Waals surface area contributed by atoms with Gasteiger partial charge in [0.15, 0.2) is 0 Å². The highest BCUT2D eigenvalue weighted by molar-refractivity contribution is 7.17. The summed E-state index contributed by atoms with van der Waals surface area (Å²) >= 11 is 7.13. The van der Waals surface area contributed by atoms with Crippen molar-refractivity contribution < 1.29 is 4.79 Å². The van der Waals surface area contributed by atoms with E-state index in [0.29, 0.717) is 15.8 Å². The van der Waals surface area contributed by atoms with Crippen LogP contribution in [0, 0.1) is 6.92 Å². The zero-order valence-corrected chi connectivity index (χ0v) is 13.7. The Kier molecular flexibility index (Phi) is 4.45. The first-order valence-corrected chi connectivity index (χ1v) is 8.30. The zero-order chi connectivity index (χ0) is 15.5. The lowest BCUT2D eigenvalue weighted by Crippen LogP contribution is -2.24. The number of nitrogens with one attached hydrogen (secondary N) is 1. The Hall–Kier alpha value is -1.85. The van der Waals surface area contributed by atoms with E-state index >= 15 is 0 Å². The van der Waals surface area contributed by atoms with Crippen LogP contribution < -0.4 is 5.32 Å². The SMILES string of the molecule is Cc1nc2ccccc2n1CCCNC(=O)c1ccc(Cl)s1. The van der Waals surface area contributed by atoms with Crippen molar-refractivity contribution >= 4 is 39.9 Å². The number of nitrogens with zero attached hydrogens (tertiary/aromatic N) is 2. The molecule has 1 amide bonds. The average Bonchev–Trinajstić information content (AvgIpc) is 3.07. The molecule has 1 N–H and O–H groups in total. The van der Waals surface area contributed by atoms with Crippen molar-refractivity contribution in [2.45, 2.75) is 19.9 Å². The predicted octanol–water partition coefficient (Wildman–Crippen LogP) is 3.88. The molecule has 0 fully saturated rings. The molecule has 0 radical (unpaired) electrons. The van der Waals surface area contributed by atoms with Gasteiger partial charge in [-0.1, -0.05) is 23.7 Å². The molecule has 0 saturated carbocycles. The van der Waals surface area contributed by atoms with E-state index in [1.165, 1.54) is 11.3 Å². The number of fused-ring (bicyclic) bond motifs is 1. The molecule has 4 nitrogen and oxygen atoms in total. The molecule has 0 atom stereocenters. The van der Waals surface area contributed by atoms with Gasteiger partial charge < -0.3 is 9.88 Å². The van der Waals surface area contributed by atoms with Crippen LogP contribution in [-0.4, -0.2) is 22.0 Å². The maximum absolute atomic E-state index is 11.9. The van der Waals surface area contributed by atoms with Crippen molar-refractivity contribution in [1.29, 1.82) is 0 Å². The van der Waals surface area contributed by atoms with E-state index in [1.54, 1.807) is 12.1 Å². The molecule has 2 aromatic heterocycles. The maximum Gasteiger partial charge on any atom is 0.261 e. The molecule has 3 aromatic rings. The molecule has 0 saturated heterocycles.